The standard InChI is InChI=1S/C20H26ClN3O2/c1-4-24(5-2)17-9-7-16(8-10-17)23-20(25)22-12-13-26-19-14-15(3)6-11-18(19)21/h6-11,14H,4-5,12-13H2,1-3H3,(H2,22,23,25). The van der Waals surface area contributed by atoms with Gasteiger partial charge >= 0.3 is 6.03 Å². The number of urea groups is 1. The molecule has 0 aliphatic rings. The SMILES string of the molecule is CCN(CC)c1ccc(NC(=O)NCCOc2cc(C)ccc2Cl)cc1. The van der Waals surface area contributed by atoms with E-state index in [1.54, 1.807) is 6.07 Å². The number of halogens is 1. The van der Waals surface area contributed by atoms with Gasteiger partial charge in [-0.2, -0.15) is 0 Å². The first-order valence-electron chi connectivity index (χ1n) is 8.82. The van der Waals surface area contributed by atoms with Crippen LogP contribution in [0.3, 0.4) is 0 Å². The molecule has 6 heteroatoms. The molecule has 0 saturated carbocycles. The number of anilines is 2. The van der Waals surface area contributed by atoms with Gasteiger partial charge in [0, 0.05) is 24.5 Å². The Labute approximate surface area is 160 Å². The van der Waals surface area contributed by atoms with E-state index in [0.29, 0.717) is 23.9 Å². The quantitative estimate of drug-likeness (QED) is 0.658. The Balaban J connectivity index is 1.75. The van der Waals surface area contributed by atoms with E-state index in [-0.39, 0.29) is 6.03 Å². The molecule has 0 atom stereocenters. The Bertz CT molecular complexity index is 715. The van der Waals surface area contributed by atoms with Crippen LogP contribution in [0.25, 0.3) is 0 Å². The first kappa shape index (κ1) is 19.9. The minimum absolute atomic E-state index is 0.264. The largest absolute Gasteiger partial charge is 0.490 e. The summed E-state index contributed by atoms with van der Waals surface area (Å²) in [5.41, 5.74) is 2.97. The Kier molecular flexibility index (Phi) is 7.60. The zero-order chi connectivity index (χ0) is 18.9. The van der Waals surface area contributed by atoms with Crippen molar-refractivity contribution in [3.05, 3.63) is 53.1 Å². The van der Waals surface area contributed by atoms with Crippen molar-refractivity contribution >= 4 is 29.0 Å². The molecule has 2 aromatic carbocycles. The number of rotatable bonds is 8. The van der Waals surface area contributed by atoms with Gasteiger partial charge in [-0.05, 0) is 62.7 Å². The fourth-order valence-corrected chi connectivity index (χ4v) is 2.74. The summed E-state index contributed by atoms with van der Waals surface area (Å²) in [6, 6.07) is 13.1. The fourth-order valence-electron chi connectivity index (χ4n) is 2.57. The zero-order valence-electron chi connectivity index (χ0n) is 15.5. The number of hydrogen-bond donors (Lipinski definition) is 2. The van der Waals surface area contributed by atoms with E-state index in [2.05, 4.69) is 29.4 Å². The molecule has 0 radical (unpaired) electrons. The molecule has 0 aromatic heterocycles. The van der Waals surface area contributed by atoms with E-state index in [1.807, 2.05) is 43.3 Å². The average Bonchev–Trinajstić information content (AvgIpc) is 2.64. The second-order valence-electron chi connectivity index (χ2n) is 5.88. The lowest BCUT2D eigenvalue weighted by atomic mass is 10.2. The summed E-state index contributed by atoms with van der Waals surface area (Å²) in [5.74, 6) is 0.626. The van der Waals surface area contributed by atoms with Crippen molar-refractivity contribution in [2.24, 2.45) is 0 Å². The van der Waals surface area contributed by atoms with Crippen molar-refractivity contribution in [1.82, 2.24) is 5.32 Å². The van der Waals surface area contributed by atoms with Crippen LogP contribution in [0.15, 0.2) is 42.5 Å². The second-order valence-corrected chi connectivity index (χ2v) is 6.29. The number of aryl methyl sites for hydroxylation is 1. The molecule has 140 valence electrons. The van der Waals surface area contributed by atoms with Crippen LogP contribution in [0.1, 0.15) is 19.4 Å². The minimum atomic E-state index is -0.264. The van der Waals surface area contributed by atoms with Crippen molar-refractivity contribution in [1.29, 1.82) is 0 Å². The Hall–Kier alpha value is -2.40. The Morgan fingerprint density at radius 2 is 1.81 bits per heavy atom. The van der Waals surface area contributed by atoms with Gasteiger partial charge in [-0.1, -0.05) is 17.7 Å². The highest BCUT2D eigenvalue weighted by Gasteiger charge is 2.05. The van der Waals surface area contributed by atoms with Crippen LogP contribution in [-0.4, -0.2) is 32.3 Å². The Morgan fingerprint density at radius 3 is 2.46 bits per heavy atom. The molecule has 0 aliphatic heterocycles. The fraction of sp³-hybridized carbons (Fsp3) is 0.350. The topological polar surface area (TPSA) is 53.6 Å². The molecule has 0 heterocycles. The van der Waals surface area contributed by atoms with E-state index in [4.69, 9.17) is 16.3 Å². The number of carbonyl (C=O) groups excluding carboxylic acids is 1. The lowest BCUT2D eigenvalue weighted by Gasteiger charge is -2.21. The van der Waals surface area contributed by atoms with Crippen molar-refractivity contribution in [2.75, 3.05) is 36.5 Å². The van der Waals surface area contributed by atoms with Crippen molar-refractivity contribution in [3.63, 3.8) is 0 Å². The maximum Gasteiger partial charge on any atom is 0.319 e. The summed E-state index contributed by atoms with van der Waals surface area (Å²) in [7, 11) is 0. The smallest absolute Gasteiger partial charge is 0.319 e. The summed E-state index contributed by atoms with van der Waals surface area (Å²) < 4.78 is 5.61. The van der Waals surface area contributed by atoms with Gasteiger partial charge in [-0.15, -0.1) is 0 Å². The van der Waals surface area contributed by atoms with Crippen molar-refractivity contribution < 1.29 is 9.53 Å². The minimum Gasteiger partial charge on any atom is -0.490 e. The average molecular weight is 376 g/mol. The molecule has 0 unspecified atom stereocenters. The van der Waals surface area contributed by atoms with Crippen molar-refractivity contribution in [2.45, 2.75) is 20.8 Å². The van der Waals surface area contributed by atoms with Gasteiger partial charge in [0.15, 0.2) is 0 Å². The highest BCUT2D eigenvalue weighted by Crippen LogP contribution is 2.25. The van der Waals surface area contributed by atoms with Crippen LogP contribution in [0.2, 0.25) is 5.02 Å². The molecule has 0 aliphatic carbocycles. The lowest BCUT2D eigenvalue weighted by Crippen LogP contribution is -2.32. The van der Waals surface area contributed by atoms with Gasteiger partial charge in [0.2, 0.25) is 0 Å². The zero-order valence-corrected chi connectivity index (χ0v) is 16.3. The van der Waals surface area contributed by atoms with Crippen LogP contribution < -0.4 is 20.3 Å². The number of carbonyl (C=O) groups is 1. The molecular formula is C20H26ClN3O2. The molecule has 2 N–H and O–H groups in total. The number of hydrogen-bond acceptors (Lipinski definition) is 3. The molecule has 2 amide bonds. The van der Waals surface area contributed by atoms with E-state index in [1.165, 1.54) is 0 Å². The summed E-state index contributed by atoms with van der Waals surface area (Å²) in [5, 5.41) is 6.14. The van der Waals surface area contributed by atoms with Gasteiger partial charge in [0.25, 0.3) is 0 Å². The summed E-state index contributed by atoms with van der Waals surface area (Å²) >= 11 is 6.07. The maximum atomic E-state index is 12.0. The summed E-state index contributed by atoms with van der Waals surface area (Å²) in [6.45, 7) is 8.85. The molecule has 2 aromatic rings. The third-order valence-corrected chi connectivity index (χ3v) is 4.30. The molecule has 0 fully saturated rings. The highest BCUT2D eigenvalue weighted by atomic mass is 35.5. The normalized spacial score (nSPS) is 10.3. The van der Waals surface area contributed by atoms with Crippen LogP contribution >= 0.6 is 11.6 Å². The van der Waals surface area contributed by atoms with Gasteiger partial charge in [-0.3, -0.25) is 0 Å². The number of amides is 2. The van der Waals surface area contributed by atoms with E-state index in [9.17, 15) is 4.79 Å². The van der Waals surface area contributed by atoms with E-state index >= 15 is 0 Å². The van der Waals surface area contributed by atoms with Crippen LogP contribution in [-0.2, 0) is 0 Å². The molecule has 0 bridgehead atoms. The third-order valence-electron chi connectivity index (χ3n) is 3.99. The van der Waals surface area contributed by atoms with Crippen molar-refractivity contribution in [3.8, 4) is 5.75 Å². The monoisotopic (exact) mass is 375 g/mol. The summed E-state index contributed by atoms with van der Waals surface area (Å²) in [4.78, 5) is 14.2. The van der Waals surface area contributed by atoms with Crippen LogP contribution in [0.5, 0.6) is 5.75 Å². The summed E-state index contributed by atoms with van der Waals surface area (Å²) in [6.07, 6.45) is 0. The first-order valence-corrected chi connectivity index (χ1v) is 9.20. The number of benzene rings is 2. The highest BCUT2D eigenvalue weighted by molar-refractivity contribution is 6.32. The molecule has 26 heavy (non-hydrogen) atoms. The first-order chi connectivity index (χ1) is 12.5. The number of nitrogens with one attached hydrogen (secondary N) is 2. The third kappa shape index (κ3) is 5.85. The van der Waals surface area contributed by atoms with Gasteiger partial charge in [-0.25, -0.2) is 4.79 Å². The maximum absolute atomic E-state index is 12.0. The predicted molar refractivity (Wildman–Crippen MR) is 109 cm³/mol. The van der Waals surface area contributed by atoms with E-state index in [0.717, 1.165) is 30.0 Å². The van der Waals surface area contributed by atoms with E-state index < -0.39 is 0 Å². The number of ether oxygens (including phenoxy) is 1. The number of nitrogens with zero attached hydrogens (tertiary/aromatic N) is 1. The van der Waals surface area contributed by atoms with Gasteiger partial charge < -0.3 is 20.3 Å². The molecular weight excluding hydrogens is 350 g/mol. The van der Waals surface area contributed by atoms with Crippen LogP contribution in [0.4, 0.5) is 16.2 Å². The molecule has 0 spiro atoms. The molecule has 2 rings (SSSR count). The lowest BCUT2D eigenvalue weighted by molar-refractivity contribution is 0.247. The molecule has 5 nitrogen and oxygen atoms in total. The van der Waals surface area contributed by atoms with Crippen LogP contribution in [0, 0.1) is 6.92 Å². The van der Waals surface area contributed by atoms with Gasteiger partial charge in [0.1, 0.15) is 12.4 Å². The Morgan fingerprint density at radius 1 is 1.12 bits per heavy atom. The van der Waals surface area contributed by atoms with Gasteiger partial charge in [0.05, 0.1) is 11.6 Å². The predicted octanol–water partition coefficient (Wildman–Crippen LogP) is 4.70. The molecule has 0 saturated heterocycles. The second kappa shape index (κ2) is 9.92.